The quantitative estimate of drug-likeness (QED) is 0.760. The molecule has 0 fully saturated rings. The maximum absolute atomic E-state index is 3.89. The molecule has 0 saturated heterocycles. The number of rotatable bonds is 0. The van der Waals surface area contributed by atoms with Crippen molar-refractivity contribution in [1.29, 1.82) is 0 Å². The Kier molecular flexibility index (Phi) is 2.99. The molecule has 0 amide bonds. The molecule has 0 bridgehead atoms. The second-order valence-corrected chi connectivity index (χ2v) is 1.69. The monoisotopic (exact) mass is 291 g/mol. The Morgan fingerprint density at radius 2 is 2.12 bits per heavy atom. The number of aromatic amines is 1. The van der Waals surface area contributed by atoms with E-state index in [4.69, 9.17) is 0 Å². The summed E-state index contributed by atoms with van der Waals surface area (Å²) >= 11 is 0. The Balaban J connectivity index is 0.000000490. The molecule has 1 N–H and O–H groups in total. The van der Waals surface area contributed by atoms with Gasteiger partial charge >= 0.3 is 21.1 Å². The van der Waals surface area contributed by atoms with Gasteiger partial charge in [0.1, 0.15) is 0 Å². The molecule has 8 heavy (non-hydrogen) atoms. The summed E-state index contributed by atoms with van der Waals surface area (Å²) in [5.74, 6) is 0. The second-order valence-electron chi connectivity index (χ2n) is 1.69. The third-order valence-corrected chi connectivity index (χ3v) is 0.834. The van der Waals surface area contributed by atoms with Crippen LogP contribution in [-0.2, 0) is 21.1 Å². The fourth-order valence-electron chi connectivity index (χ4n) is 0.554. The minimum atomic E-state index is 0. The van der Waals surface area contributed by atoms with Crippen LogP contribution in [0.15, 0.2) is 6.07 Å². The van der Waals surface area contributed by atoms with Gasteiger partial charge in [-0.2, -0.15) is 5.10 Å². The number of aromatic nitrogens is 2. The van der Waals surface area contributed by atoms with Gasteiger partial charge in [0.25, 0.3) is 0 Å². The topological polar surface area (TPSA) is 28.7 Å². The first-order valence-corrected chi connectivity index (χ1v) is 2.27. The summed E-state index contributed by atoms with van der Waals surface area (Å²) < 4.78 is 0. The van der Waals surface area contributed by atoms with Gasteiger partial charge in [0.05, 0.1) is 5.69 Å². The first-order valence-electron chi connectivity index (χ1n) is 2.27. The number of nitrogens with zero attached hydrogens (tertiary/aromatic N) is 1. The van der Waals surface area contributed by atoms with Gasteiger partial charge in [0, 0.05) is 5.69 Å². The Morgan fingerprint density at radius 3 is 2.25 bits per heavy atom. The first kappa shape index (κ1) is 7.90. The van der Waals surface area contributed by atoms with E-state index < -0.39 is 0 Å². The van der Waals surface area contributed by atoms with E-state index in [0.717, 1.165) is 11.4 Å². The van der Waals surface area contributed by atoms with E-state index in [-0.39, 0.29) is 21.1 Å². The van der Waals surface area contributed by atoms with Crippen LogP contribution in [0.1, 0.15) is 11.4 Å². The van der Waals surface area contributed by atoms with Crippen molar-refractivity contribution >= 4 is 0 Å². The van der Waals surface area contributed by atoms with Gasteiger partial charge < -0.3 is 0 Å². The summed E-state index contributed by atoms with van der Waals surface area (Å²) in [5, 5.41) is 6.71. The molecule has 0 radical (unpaired) electrons. The van der Waals surface area contributed by atoms with Crippen molar-refractivity contribution in [2.24, 2.45) is 0 Å². The van der Waals surface area contributed by atoms with E-state index in [1.54, 1.807) is 0 Å². The van der Waals surface area contributed by atoms with Crippen molar-refractivity contribution in [1.82, 2.24) is 10.2 Å². The number of hydrogen-bond donors (Lipinski definition) is 1. The molecule has 1 heterocycles. The molecule has 0 aliphatic heterocycles. The molecular formula is C5H8N2Pt+2. The zero-order chi connectivity index (χ0) is 5.28. The van der Waals surface area contributed by atoms with E-state index >= 15 is 0 Å². The first-order chi connectivity index (χ1) is 3.29. The maximum atomic E-state index is 3.89. The normalized spacial score (nSPS) is 8.25. The summed E-state index contributed by atoms with van der Waals surface area (Å²) in [7, 11) is 0. The van der Waals surface area contributed by atoms with Gasteiger partial charge in [0.2, 0.25) is 0 Å². The largest absolute Gasteiger partial charge is 2.00 e. The molecule has 1 rings (SSSR count). The zero-order valence-electron chi connectivity index (χ0n) is 4.84. The molecule has 46 valence electrons. The van der Waals surface area contributed by atoms with Crippen molar-refractivity contribution < 1.29 is 21.1 Å². The molecule has 3 heteroatoms. The average molecular weight is 291 g/mol. The molecule has 0 aliphatic rings. The van der Waals surface area contributed by atoms with Crippen LogP contribution in [0.3, 0.4) is 0 Å². The Bertz CT molecular complexity index is 143. The molecule has 0 aliphatic carbocycles. The van der Waals surface area contributed by atoms with Gasteiger partial charge in [-0.3, -0.25) is 5.10 Å². The third-order valence-electron chi connectivity index (χ3n) is 0.834. The minimum Gasteiger partial charge on any atom is -0.283 e. The molecule has 1 aromatic rings. The van der Waals surface area contributed by atoms with Crippen LogP contribution in [0.25, 0.3) is 0 Å². The fraction of sp³-hybridized carbons (Fsp3) is 0.400. The molecule has 0 spiro atoms. The van der Waals surface area contributed by atoms with Gasteiger partial charge in [-0.15, -0.1) is 0 Å². The van der Waals surface area contributed by atoms with Crippen molar-refractivity contribution in [3.8, 4) is 0 Å². The van der Waals surface area contributed by atoms with Crippen LogP contribution < -0.4 is 0 Å². The van der Waals surface area contributed by atoms with E-state index in [1.165, 1.54) is 0 Å². The van der Waals surface area contributed by atoms with Crippen LogP contribution in [0.2, 0.25) is 0 Å². The summed E-state index contributed by atoms with van der Waals surface area (Å²) in [6.07, 6.45) is 0. The number of hydrogen-bond acceptors (Lipinski definition) is 1. The smallest absolute Gasteiger partial charge is 0.283 e. The predicted molar refractivity (Wildman–Crippen MR) is 28.1 cm³/mol. The third kappa shape index (κ3) is 1.79. The van der Waals surface area contributed by atoms with Gasteiger partial charge in [-0.25, -0.2) is 0 Å². The van der Waals surface area contributed by atoms with E-state index in [0.29, 0.717) is 0 Å². The molecular weight excluding hydrogens is 283 g/mol. The standard InChI is InChI=1S/C5H8N2.Pt/c1-4-3-5(2)7-6-4;/h3H,1-2H3,(H,6,7);/q;+2. The maximum Gasteiger partial charge on any atom is 2.00 e. The SMILES string of the molecule is Cc1cc(C)[nH]n1.[Pt+2]. The summed E-state index contributed by atoms with van der Waals surface area (Å²) in [4.78, 5) is 0. The van der Waals surface area contributed by atoms with Crippen LogP contribution in [0.5, 0.6) is 0 Å². The average Bonchev–Trinajstić information content (AvgIpc) is 1.87. The van der Waals surface area contributed by atoms with Crippen LogP contribution in [0.4, 0.5) is 0 Å². The molecule has 0 aromatic carbocycles. The van der Waals surface area contributed by atoms with Gasteiger partial charge in [0.15, 0.2) is 0 Å². The molecule has 0 unspecified atom stereocenters. The summed E-state index contributed by atoms with van der Waals surface area (Å²) in [6, 6.07) is 2.00. The number of H-pyrrole nitrogens is 1. The second kappa shape index (κ2) is 3.03. The van der Waals surface area contributed by atoms with Crippen molar-refractivity contribution in [3.05, 3.63) is 17.5 Å². The van der Waals surface area contributed by atoms with Crippen LogP contribution in [0, 0.1) is 13.8 Å². The molecule has 0 saturated carbocycles. The number of nitrogens with one attached hydrogen (secondary N) is 1. The Labute approximate surface area is 62.9 Å². The summed E-state index contributed by atoms with van der Waals surface area (Å²) in [6.45, 7) is 3.95. The van der Waals surface area contributed by atoms with E-state index in [2.05, 4.69) is 10.2 Å². The molecule has 0 atom stereocenters. The molecule has 2 nitrogen and oxygen atoms in total. The molecule has 1 aromatic heterocycles. The van der Waals surface area contributed by atoms with E-state index in [1.807, 2.05) is 19.9 Å². The van der Waals surface area contributed by atoms with E-state index in [9.17, 15) is 0 Å². The minimum absolute atomic E-state index is 0. The summed E-state index contributed by atoms with van der Waals surface area (Å²) in [5.41, 5.74) is 2.18. The number of aryl methyl sites for hydroxylation is 2. The Morgan fingerprint density at radius 1 is 1.50 bits per heavy atom. The predicted octanol–water partition coefficient (Wildman–Crippen LogP) is 1.02. The van der Waals surface area contributed by atoms with Crippen molar-refractivity contribution in [2.75, 3.05) is 0 Å². The Hall–Kier alpha value is -0.102. The van der Waals surface area contributed by atoms with Crippen molar-refractivity contribution in [3.63, 3.8) is 0 Å². The zero-order valence-corrected chi connectivity index (χ0v) is 7.11. The van der Waals surface area contributed by atoms with Gasteiger partial charge in [-0.1, -0.05) is 0 Å². The van der Waals surface area contributed by atoms with Gasteiger partial charge in [-0.05, 0) is 19.9 Å². The fourth-order valence-corrected chi connectivity index (χ4v) is 0.554. The van der Waals surface area contributed by atoms with Crippen LogP contribution in [-0.4, -0.2) is 10.2 Å². The van der Waals surface area contributed by atoms with Crippen LogP contribution >= 0.6 is 0 Å². The van der Waals surface area contributed by atoms with Crippen molar-refractivity contribution in [2.45, 2.75) is 13.8 Å².